The molecule has 3 aromatic rings. The van der Waals surface area contributed by atoms with Gasteiger partial charge in [-0.05, 0) is 18.6 Å². The van der Waals surface area contributed by atoms with E-state index in [2.05, 4.69) is 28.1 Å². The molecule has 0 atom stereocenters. The summed E-state index contributed by atoms with van der Waals surface area (Å²) in [7, 11) is 1.91. The Morgan fingerprint density at radius 3 is 2.88 bits per heavy atom. The molecule has 0 unspecified atom stereocenters. The number of rotatable bonds is 1. The number of H-pyrrole nitrogens is 1. The fourth-order valence-electron chi connectivity index (χ4n) is 1.86. The standard InChI is InChI=1S/C12H12N4/c1-8-4-13-12-11(8)3-9(5-14-12)10-6-15-16(2)7-10/h3-7H,1-2H3,(H,13,14). The molecule has 1 N–H and O–H groups in total. The third-order valence-corrected chi connectivity index (χ3v) is 2.78. The molecule has 3 rings (SSSR count). The molecule has 4 nitrogen and oxygen atoms in total. The summed E-state index contributed by atoms with van der Waals surface area (Å²) in [5, 5.41) is 5.33. The average molecular weight is 212 g/mol. The molecule has 0 aliphatic rings. The highest BCUT2D eigenvalue weighted by Gasteiger charge is 2.05. The smallest absolute Gasteiger partial charge is 0.137 e. The number of nitrogens with zero attached hydrogens (tertiary/aromatic N) is 3. The van der Waals surface area contributed by atoms with Crippen LogP contribution in [0.4, 0.5) is 0 Å². The maximum Gasteiger partial charge on any atom is 0.137 e. The second-order valence-electron chi connectivity index (χ2n) is 3.99. The molecule has 0 saturated heterocycles. The van der Waals surface area contributed by atoms with Crippen LogP contribution in [0.3, 0.4) is 0 Å². The highest BCUT2D eigenvalue weighted by molar-refractivity contribution is 5.84. The van der Waals surface area contributed by atoms with Gasteiger partial charge in [0, 0.05) is 42.2 Å². The minimum absolute atomic E-state index is 0.935. The molecule has 0 radical (unpaired) electrons. The van der Waals surface area contributed by atoms with E-state index in [0.29, 0.717) is 0 Å². The quantitative estimate of drug-likeness (QED) is 0.672. The molecule has 3 heterocycles. The van der Waals surface area contributed by atoms with Gasteiger partial charge in [0.15, 0.2) is 0 Å². The molecule has 0 aromatic carbocycles. The third-order valence-electron chi connectivity index (χ3n) is 2.78. The van der Waals surface area contributed by atoms with E-state index < -0.39 is 0 Å². The number of nitrogens with one attached hydrogen (secondary N) is 1. The van der Waals surface area contributed by atoms with E-state index in [0.717, 1.165) is 16.8 Å². The van der Waals surface area contributed by atoms with Crippen LogP contribution in [0.15, 0.2) is 30.9 Å². The Kier molecular flexibility index (Phi) is 1.83. The van der Waals surface area contributed by atoms with Crippen molar-refractivity contribution in [1.29, 1.82) is 0 Å². The molecule has 0 fully saturated rings. The summed E-state index contributed by atoms with van der Waals surface area (Å²) in [5.41, 5.74) is 4.35. The summed E-state index contributed by atoms with van der Waals surface area (Å²) >= 11 is 0. The van der Waals surface area contributed by atoms with Gasteiger partial charge in [0.25, 0.3) is 0 Å². The van der Waals surface area contributed by atoms with Crippen LogP contribution in [0.5, 0.6) is 0 Å². The third kappa shape index (κ3) is 1.31. The van der Waals surface area contributed by atoms with Crippen molar-refractivity contribution in [2.45, 2.75) is 6.92 Å². The molecule has 4 heteroatoms. The Morgan fingerprint density at radius 1 is 1.25 bits per heavy atom. The van der Waals surface area contributed by atoms with Crippen LogP contribution in [0, 0.1) is 6.92 Å². The number of pyridine rings is 1. The van der Waals surface area contributed by atoms with E-state index in [9.17, 15) is 0 Å². The Labute approximate surface area is 92.9 Å². The van der Waals surface area contributed by atoms with Crippen LogP contribution < -0.4 is 0 Å². The van der Waals surface area contributed by atoms with Gasteiger partial charge in [-0.15, -0.1) is 0 Å². The fraction of sp³-hybridized carbons (Fsp3) is 0.167. The lowest BCUT2D eigenvalue weighted by Gasteiger charge is -1.97. The van der Waals surface area contributed by atoms with Gasteiger partial charge in [-0.2, -0.15) is 5.10 Å². The monoisotopic (exact) mass is 212 g/mol. The predicted octanol–water partition coefficient (Wildman–Crippen LogP) is 2.27. The SMILES string of the molecule is Cc1c[nH]c2ncc(-c3cnn(C)c3)cc12. The lowest BCUT2D eigenvalue weighted by atomic mass is 10.1. The van der Waals surface area contributed by atoms with Crippen molar-refractivity contribution in [2.75, 3.05) is 0 Å². The minimum atomic E-state index is 0.935. The zero-order valence-electron chi connectivity index (χ0n) is 9.23. The molecule has 0 amide bonds. The molecular formula is C12H12N4. The van der Waals surface area contributed by atoms with Crippen LogP contribution in [-0.2, 0) is 7.05 Å². The zero-order valence-corrected chi connectivity index (χ0v) is 9.23. The van der Waals surface area contributed by atoms with Gasteiger partial charge in [-0.25, -0.2) is 4.98 Å². The van der Waals surface area contributed by atoms with Crippen LogP contribution >= 0.6 is 0 Å². The van der Waals surface area contributed by atoms with Gasteiger partial charge < -0.3 is 4.98 Å². The van der Waals surface area contributed by atoms with Crippen molar-refractivity contribution in [3.8, 4) is 11.1 Å². The normalized spacial score (nSPS) is 11.1. The van der Waals surface area contributed by atoms with E-state index in [1.54, 1.807) is 4.68 Å². The first-order valence-electron chi connectivity index (χ1n) is 5.17. The summed E-state index contributed by atoms with van der Waals surface area (Å²) < 4.78 is 1.80. The molecule has 3 aromatic heterocycles. The molecule has 16 heavy (non-hydrogen) atoms. The first-order chi connectivity index (χ1) is 7.74. The Morgan fingerprint density at radius 2 is 2.12 bits per heavy atom. The second kappa shape index (κ2) is 3.20. The van der Waals surface area contributed by atoms with Crippen LogP contribution in [0.1, 0.15) is 5.56 Å². The topological polar surface area (TPSA) is 46.5 Å². The first kappa shape index (κ1) is 9.15. The number of hydrogen-bond acceptors (Lipinski definition) is 2. The maximum absolute atomic E-state index is 4.40. The number of aryl methyl sites for hydroxylation is 2. The molecular weight excluding hydrogens is 200 g/mol. The van der Waals surface area contributed by atoms with E-state index in [1.165, 1.54) is 10.9 Å². The lowest BCUT2D eigenvalue weighted by molar-refractivity contribution is 0.768. The predicted molar refractivity (Wildman–Crippen MR) is 63.0 cm³/mol. The van der Waals surface area contributed by atoms with Gasteiger partial charge >= 0.3 is 0 Å². The largest absolute Gasteiger partial charge is 0.346 e. The van der Waals surface area contributed by atoms with E-state index in [4.69, 9.17) is 0 Å². The minimum Gasteiger partial charge on any atom is -0.346 e. The molecule has 0 aliphatic carbocycles. The van der Waals surface area contributed by atoms with E-state index >= 15 is 0 Å². The van der Waals surface area contributed by atoms with Gasteiger partial charge in [0.1, 0.15) is 5.65 Å². The highest BCUT2D eigenvalue weighted by atomic mass is 15.2. The number of hydrogen-bond donors (Lipinski definition) is 1. The van der Waals surface area contributed by atoms with E-state index in [-0.39, 0.29) is 0 Å². The average Bonchev–Trinajstić information content (AvgIpc) is 2.86. The summed E-state index contributed by atoms with van der Waals surface area (Å²) in [6, 6.07) is 2.14. The maximum atomic E-state index is 4.40. The molecule has 80 valence electrons. The lowest BCUT2D eigenvalue weighted by Crippen LogP contribution is -1.84. The number of aromatic amines is 1. The highest BCUT2D eigenvalue weighted by Crippen LogP contribution is 2.23. The van der Waals surface area contributed by atoms with Crippen molar-refractivity contribution >= 4 is 11.0 Å². The molecule has 0 aliphatic heterocycles. The Balaban J connectivity index is 2.21. The van der Waals surface area contributed by atoms with Crippen molar-refractivity contribution in [3.05, 3.63) is 36.4 Å². The van der Waals surface area contributed by atoms with Gasteiger partial charge in [0.2, 0.25) is 0 Å². The van der Waals surface area contributed by atoms with Gasteiger partial charge in [0.05, 0.1) is 6.20 Å². The van der Waals surface area contributed by atoms with Crippen LogP contribution in [0.25, 0.3) is 22.2 Å². The number of fused-ring (bicyclic) bond motifs is 1. The van der Waals surface area contributed by atoms with Crippen molar-refractivity contribution in [1.82, 2.24) is 19.7 Å². The first-order valence-corrected chi connectivity index (χ1v) is 5.17. The fourth-order valence-corrected chi connectivity index (χ4v) is 1.86. The Hall–Kier alpha value is -2.10. The van der Waals surface area contributed by atoms with Gasteiger partial charge in [-0.1, -0.05) is 0 Å². The zero-order chi connectivity index (χ0) is 11.1. The Bertz CT molecular complexity index is 648. The van der Waals surface area contributed by atoms with Crippen molar-refractivity contribution in [2.24, 2.45) is 7.05 Å². The van der Waals surface area contributed by atoms with Crippen molar-refractivity contribution < 1.29 is 0 Å². The summed E-state index contributed by atoms with van der Waals surface area (Å²) in [4.78, 5) is 7.53. The molecule has 0 spiro atoms. The molecule has 0 saturated carbocycles. The molecule has 0 bridgehead atoms. The summed E-state index contributed by atoms with van der Waals surface area (Å²) in [6.07, 6.45) is 7.69. The summed E-state index contributed by atoms with van der Waals surface area (Å²) in [5.74, 6) is 0. The van der Waals surface area contributed by atoms with E-state index in [1.807, 2.05) is 31.8 Å². The number of aromatic nitrogens is 4. The summed E-state index contributed by atoms with van der Waals surface area (Å²) in [6.45, 7) is 2.08. The van der Waals surface area contributed by atoms with Crippen LogP contribution in [0.2, 0.25) is 0 Å². The van der Waals surface area contributed by atoms with Gasteiger partial charge in [-0.3, -0.25) is 4.68 Å². The van der Waals surface area contributed by atoms with Crippen molar-refractivity contribution in [3.63, 3.8) is 0 Å². The second-order valence-corrected chi connectivity index (χ2v) is 3.99. The van der Waals surface area contributed by atoms with Crippen LogP contribution in [-0.4, -0.2) is 19.7 Å².